The Morgan fingerprint density at radius 3 is 2.09 bits per heavy atom. The molecule has 1 N–H and O–H groups in total. The van der Waals surface area contributed by atoms with Crippen molar-refractivity contribution in [3.8, 4) is 5.75 Å². The van der Waals surface area contributed by atoms with Crippen LogP contribution < -0.4 is 4.74 Å². The fourth-order valence-electron chi connectivity index (χ4n) is 3.31. The van der Waals surface area contributed by atoms with E-state index in [0.717, 1.165) is 12.1 Å². The lowest BCUT2D eigenvalue weighted by molar-refractivity contribution is -0.146. The maximum atomic E-state index is 13.4. The first-order valence-electron chi connectivity index (χ1n) is 9.69. The molecule has 1 heterocycles. The van der Waals surface area contributed by atoms with E-state index in [0.29, 0.717) is 0 Å². The number of carbonyl (C=O) groups is 2. The highest BCUT2D eigenvalue weighted by atomic mass is 32.2. The number of amides is 1. The average Bonchev–Trinajstić information content (AvgIpc) is 2.75. The summed E-state index contributed by atoms with van der Waals surface area (Å²) in [4.78, 5) is 25.3. The van der Waals surface area contributed by atoms with Gasteiger partial charge >= 0.3 is 5.97 Å². The van der Waals surface area contributed by atoms with Gasteiger partial charge in [0.1, 0.15) is 5.75 Å². The standard InChI is InChI=1S/C21H22F2N2O6S/c1-21(2,31-15-5-8-17(22)18(23)13-15)20(28)24-9-11-25(12-10-24)32(29,30)16-6-3-14(4-7-16)19(26)27/h3-8,13H,9-12H2,1-2H3,(H,26,27). The molecule has 0 unspecified atom stereocenters. The second kappa shape index (κ2) is 8.83. The SMILES string of the molecule is CC(C)(Oc1ccc(F)c(F)c1)C(=O)N1CCN(S(=O)(=O)c2ccc(C(=O)O)cc2)CC1. The topological polar surface area (TPSA) is 104 Å². The highest BCUT2D eigenvalue weighted by Gasteiger charge is 2.38. The third-order valence-corrected chi connectivity index (χ3v) is 6.96. The van der Waals surface area contributed by atoms with E-state index in [1.54, 1.807) is 0 Å². The molecule has 1 aliphatic rings. The van der Waals surface area contributed by atoms with Crippen LogP contribution in [0.1, 0.15) is 24.2 Å². The molecule has 11 heteroatoms. The van der Waals surface area contributed by atoms with Crippen LogP contribution in [0, 0.1) is 11.6 Å². The number of ether oxygens (including phenoxy) is 1. The third-order valence-electron chi connectivity index (χ3n) is 5.04. The minimum atomic E-state index is -3.85. The van der Waals surface area contributed by atoms with Gasteiger partial charge in [-0.1, -0.05) is 0 Å². The van der Waals surface area contributed by atoms with Crippen molar-refractivity contribution >= 4 is 21.9 Å². The van der Waals surface area contributed by atoms with Crippen LogP contribution in [0.4, 0.5) is 8.78 Å². The molecule has 0 atom stereocenters. The Kier molecular flexibility index (Phi) is 6.51. The molecule has 0 radical (unpaired) electrons. The first-order valence-corrected chi connectivity index (χ1v) is 11.1. The van der Waals surface area contributed by atoms with Crippen molar-refractivity contribution in [2.75, 3.05) is 26.2 Å². The molecule has 1 amide bonds. The monoisotopic (exact) mass is 468 g/mol. The molecule has 172 valence electrons. The number of halogens is 2. The molecule has 0 saturated carbocycles. The molecule has 1 fully saturated rings. The van der Waals surface area contributed by atoms with Crippen molar-refractivity contribution < 1.29 is 36.6 Å². The van der Waals surface area contributed by atoms with Crippen LogP contribution in [0.25, 0.3) is 0 Å². The summed E-state index contributed by atoms with van der Waals surface area (Å²) in [5, 5.41) is 8.95. The molecule has 0 bridgehead atoms. The lowest BCUT2D eigenvalue weighted by Gasteiger charge is -2.38. The second-order valence-electron chi connectivity index (χ2n) is 7.71. The minimum absolute atomic E-state index is 0.00623. The molecule has 0 aliphatic carbocycles. The molecule has 0 aromatic heterocycles. The number of carbonyl (C=O) groups excluding carboxylic acids is 1. The molecule has 2 aromatic rings. The van der Waals surface area contributed by atoms with Gasteiger partial charge in [0.15, 0.2) is 17.2 Å². The van der Waals surface area contributed by atoms with Crippen LogP contribution in [0.5, 0.6) is 5.75 Å². The zero-order valence-corrected chi connectivity index (χ0v) is 18.2. The molecule has 1 aliphatic heterocycles. The van der Waals surface area contributed by atoms with Gasteiger partial charge in [0, 0.05) is 32.2 Å². The number of sulfonamides is 1. The highest BCUT2D eigenvalue weighted by molar-refractivity contribution is 7.89. The maximum Gasteiger partial charge on any atom is 0.335 e. The van der Waals surface area contributed by atoms with Crippen molar-refractivity contribution in [2.24, 2.45) is 0 Å². The van der Waals surface area contributed by atoms with E-state index in [9.17, 15) is 26.8 Å². The van der Waals surface area contributed by atoms with Crippen molar-refractivity contribution in [2.45, 2.75) is 24.3 Å². The predicted molar refractivity (Wildman–Crippen MR) is 110 cm³/mol. The predicted octanol–water partition coefficient (Wildman–Crippen LogP) is 2.35. The van der Waals surface area contributed by atoms with Crippen LogP contribution in [0.3, 0.4) is 0 Å². The summed E-state index contributed by atoms with van der Waals surface area (Å²) in [7, 11) is -3.85. The number of benzene rings is 2. The summed E-state index contributed by atoms with van der Waals surface area (Å²) in [6.45, 7) is 3.27. The number of carboxylic acid groups (broad SMARTS) is 1. The van der Waals surface area contributed by atoms with Gasteiger partial charge in [-0.3, -0.25) is 4.79 Å². The molecule has 1 saturated heterocycles. The van der Waals surface area contributed by atoms with Crippen molar-refractivity contribution in [1.82, 2.24) is 9.21 Å². The Hall–Kier alpha value is -3.05. The van der Waals surface area contributed by atoms with E-state index in [1.165, 1.54) is 53.4 Å². The van der Waals surface area contributed by atoms with E-state index in [4.69, 9.17) is 9.84 Å². The fourth-order valence-corrected chi connectivity index (χ4v) is 4.73. The van der Waals surface area contributed by atoms with Gasteiger partial charge in [0.05, 0.1) is 10.5 Å². The third kappa shape index (κ3) is 4.89. The van der Waals surface area contributed by atoms with Crippen molar-refractivity contribution in [3.05, 3.63) is 59.7 Å². The van der Waals surface area contributed by atoms with E-state index < -0.39 is 39.1 Å². The van der Waals surface area contributed by atoms with Crippen LogP contribution in [-0.4, -0.2) is 66.4 Å². The fraction of sp³-hybridized carbons (Fsp3) is 0.333. The number of hydrogen-bond donors (Lipinski definition) is 1. The minimum Gasteiger partial charge on any atom is -0.478 e. The number of aromatic carboxylic acids is 1. The van der Waals surface area contributed by atoms with Gasteiger partial charge in [0.25, 0.3) is 5.91 Å². The summed E-state index contributed by atoms with van der Waals surface area (Å²) in [5.74, 6) is -3.72. The molecule has 32 heavy (non-hydrogen) atoms. The first-order chi connectivity index (χ1) is 14.9. The average molecular weight is 468 g/mol. The number of piperazine rings is 1. The summed E-state index contributed by atoms with van der Waals surface area (Å²) < 4.78 is 59.0. The smallest absolute Gasteiger partial charge is 0.335 e. The van der Waals surface area contributed by atoms with E-state index in [1.807, 2.05) is 0 Å². The Balaban J connectivity index is 1.65. The molecule has 8 nitrogen and oxygen atoms in total. The summed E-state index contributed by atoms with van der Waals surface area (Å²) in [6.07, 6.45) is 0. The molecular formula is C21H22F2N2O6S. The number of rotatable bonds is 6. The number of nitrogens with zero attached hydrogens (tertiary/aromatic N) is 2. The maximum absolute atomic E-state index is 13.4. The van der Waals surface area contributed by atoms with Gasteiger partial charge in [-0.15, -0.1) is 0 Å². The van der Waals surface area contributed by atoms with Crippen LogP contribution in [0.2, 0.25) is 0 Å². The summed E-state index contributed by atoms with van der Waals surface area (Å²) >= 11 is 0. The number of hydrogen-bond acceptors (Lipinski definition) is 5. The van der Waals surface area contributed by atoms with E-state index >= 15 is 0 Å². The van der Waals surface area contributed by atoms with Gasteiger partial charge in [-0.25, -0.2) is 22.0 Å². The molecular weight excluding hydrogens is 446 g/mol. The van der Waals surface area contributed by atoms with Gasteiger partial charge < -0.3 is 14.7 Å². The highest BCUT2D eigenvalue weighted by Crippen LogP contribution is 2.24. The van der Waals surface area contributed by atoms with Crippen LogP contribution >= 0.6 is 0 Å². The molecule has 3 rings (SSSR count). The zero-order valence-electron chi connectivity index (χ0n) is 17.4. The van der Waals surface area contributed by atoms with Crippen molar-refractivity contribution in [1.29, 1.82) is 0 Å². The second-order valence-corrected chi connectivity index (χ2v) is 9.65. The molecule has 2 aromatic carbocycles. The first kappa shape index (κ1) is 23.6. The zero-order chi connectivity index (χ0) is 23.7. The Labute approximate surface area is 184 Å². The van der Waals surface area contributed by atoms with Crippen molar-refractivity contribution in [3.63, 3.8) is 0 Å². The number of carboxylic acids is 1. The molecule has 0 spiro atoms. The Bertz CT molecular complexity index is 1130. The Morgan fingerprint density at radius 1 is 0.969 bits per heavy atom. The lowest BCUT2D eigenvalue weighted by Crippen LogP contribution is -2.56. The van der Waals surface area contributed by atoms with E-state index in [-0.39, 0.29) is 42.4 Å². The summed E-state index contributed by atoms with van der Waals surface area (Å²) in [6, 6.07) is 7.86. The van der Waals surface area contributed by atoms with Gasteiger partial charge in [-0.2, -0.15) is 4.31 Å². The van der Waals surface area contributed by atoms with Gasteiger partial charge in [-0.05, 0) is 50.2 Å². The van der Waals surface area contributed by atoms with E-state index in [2.05, 4.69) is 0 Å². The lowest BCUT2D eigenvalue weighted by atomic mass is 10.1. The quantitative estimate of drug-likeness (QED) is 0.698. The summed E-state index contributed by atoms with van der Waals surface area (Å²) in [5.41, 5.74) is -1.42. The van der Waals surface area contributed by atoms with Crippen LogP contribution in [0.15, 0.2) is 47.4 Å². The Morgan fingerprint density at radius 2 is 1.56 bits per heavy atom. The largest absolute Gasteiger partial charge is 0.478 e. The van der Waals surface area contributed by atoms with Gasteiger partial charge in [0.2, 0.25) is 10.0 Å². The van der Waals surface area contributed by atoms with Crippen LogP contribution in [-0.2, 0) is 14.8 Å². The normalized spacial score (nSPS) is 15.4.